The van der Waals surface area contributed by atoms with Crippen LogP contribution in [-0.4, -0.2) is 30.8 Å². The van der Waals surface area contributed by atoms with Crippen molar-refractivity contribution in [1.29, 1.82) is 5.26 Å². The molecule has 4 nitrogen and oxygen atoms in total. The van der Waals surface area contributed by atoms with Gasteiger partial charge in [0, 0.05) is 23.6 Å². The van der Waals surface area contributed by atoms with Crippen LogP contribution in [0.15, 0.2) is 18.3 Å². The first-order chi connectivity index (χ1) is 7.85. The quantitative estimate of drug-likeness (QED) is 0.775. The molecule has 2 rings (SSSR count). The van der Waals surface area contributed by atoms with E-state index in [0.717, 1.165) is 23.3 Å². The largest absolute Gasteiger partial charge is 0.360 e. The molecule has 1 aromatic heterocycles. The predicted octanol–water partition coefficient (Wildman–Crippen LogP) is 1.71. The van der Waals surface area contributed by atoms with Crippen molar-refractivity contribution in [3.05, 3.63) is 23.9 Å². The highest BCUT2D eigenvalue weighted by Gasteiger charge is 2.22. The van der Waals surface area contributed by atoms with Crippen molar-refractivity contribution in [3.8, 4) is 6.07 Å². The van der Waals surface area contributed by atoms with Crippen molar-refractivity contribution < 1.29 is 4.74 Å². The van der Waals surface area contributed by atoms with Crippen LogP contribution in [0.2, 0.25) is 0 Å². The number of ether oxygens (including phenoxy) is 1. The van der Waals surface area contributed by atoms with E-state index in [0.29, 0.717) is 13.2 Å². The Morgan fingerprint density at radius 2 is 2.56 bits per heavy atom. The molecule has 0 aromatic carbocycles. The van der Waals surface area contributed by atoms with Gasteiger partial charge in [-0.15, -0.1) is 0 Å². The fraction of sp³-hybridized carbons (Fsp3) is 0.455. The van der Waals surface area contributed by atoms with Gasteiger partial charge in [-0.1, -0.05) is 22.0 Å². The minimum absolute atomic E-state index is 0.348. The Hall–Kier alpha value is -1.12. The Morgan fingerprint density at radius 3 is 3.31 bits per heavy atom. The van der Waals surface area contributed by atoms with Gasteiger partial charge in [-0.25, -0.2) is 4.98 Å². The van der Waals surface area contributed by atoms with Crippen molar-refractivity contribution in [2.24, 2.45) is 0 Å². The zero-order valence-electron chi connectivity index (χ0n) is 8.77. The van der Waals surface area contributed by atoms with E-state index in [2.05, 4.69) is 31.9 Å². The molecule has 1 unspecified atom stereocenters. The second kappa shape index (κ2) is 5.28. The van der Waals surface area contributed by atoms with Gasteiger partial charge in [0.05, 0.1) is 19.2 Å². The zero-order chi connectivity index (χ0) is 11.4. The predicted molar refractivity (Wildman–Crippen MR) is 64.4 cm³/mol. The van der Waals surface area contributed by atoms with E-state index in [1.807, 2.05) is 12.1 Å². The van der Waals surface area contributed by atoms with Crippen LogP contribution in [0.4, 0.5) is 5.82 Å². The van der Waals surface area contributed by atoms with Crippen molar-refractivity contribution in [3.63, 3.8) is 0 Å². The van der Waals surface area contributed by atoms with Crippen molar-refractivity contribution in [1.82, 2.24) is 4.98 Å². The Labute approximate surface area is 103 Å². The molecular formula is C11H12BrN3O. The maximum atomic E-state index is 8.85. The topological polar surface area (TPSA) is 49.2 Å². The molecule has 0 saturated carbocycles. The molecule has 16 heavy (non-hydrogen) atoms. The second-order valence-electron chi connectivity index (χ2n) is 3.55. The van der Waals surface area contributed by atoms with Crippen LogP contribution in [0, 0.1) is 11.3 Å². The minimum atomic E-state index is -0.348. The third kappa shape index (κ3) is 2.34. The average molecular weight is 282 g/mol. The van der Waals surface area contributed by atoms with Crippen molar-refractivity contribution >= 4 is 21.7 Å². The van der Waals surface area contributed by atoms with Gasteiger partial charge in [-0.2, -0.15) is 5.26 Å². The number of hydrogen-bond donors (Lipinski definition) is 0. The standard InChI is InChI=1S/C11H12BrN3O/c12-6-9-2-1-3-14-11(9)15-4-5-16-10(7-13)8-15/h1-3,10H,4-6,8H2. The Morgan fingerprint density at radius 1 is 1.69 bits per heavy atom. The van der Waals surface area contributed by atoms with Crippen LogP contribution in [0.25, 0.3) is 0 Å². The summed E-state index contributed by atoms with van der Waals surface area (Å²) in [5.74, 6) is 0.947. The monoisotopic (exact) mass is 281 g/mol. The number of nitrogens with zero attached hydrogens (tertiary/aromatic N) is 3. The van der Waals surface area contributed by atoms with Gasteiger partial charge < -0.3 is 9.64 Å². The third-order valence-electron chi connectivity index (χ3n) is 2.52. The summed E-state index contributed by atoms with van der Waals surface area (Å²) in [5, 5.41) is 9.62. The van der Waals surface area contributed by atoms with Crippen LogP contribution in [0.5, 0.6) is 0 Å². The third-order valence-corrected chi connectivity index (χ3v) is 3.13. The summed E-state index contributed by atoms with van der Waals surface area (Å²) in [5.41, 5.74) is 1.14. The highest BCUT2D eigenvalue weighted by molar-refractivity contribution is 9.08. The lowest BCUT2D eigenvalue weighted by atomic mass is 10.2. The van der Waals surface area contributed by atoms with Gasteiger partial charge in [0.25, 0.3) is 0 Å². The summed E-state index contributed by atoms with van der Waals surface area (Å²) in [6.45, 7) is 1.96. The fourth-order valence-electron chi connectivity index (χ4n) is 1.74. The van der Waals surface area contributed by atoms with Gasteiger partial charge in [-0.3, -0.25) is 0 Å². The number of alkyl halides is 1. The smallest absolute Gasteiger partial charge is 0.161 e. The second-order valence-corrected chi connectivity index (χ2v) is 4.12. The maximum Gasteiger partial charge on any atom is 0.161 e. The molecule has 84 valence electrons. The van der Waals surface area contributed by atoms with Gasteiger partial charge in [0.1, 0.15) is 5.82 Å². The molecule has 2 heterocycles. The molecule has 0 amide bonds. The summed E-state index contributed by atoms with van der Waals surface area (Å²) in [4.78, 5) is 6.48. The zero-order valence-corrected chi connectivity index (χ0v) is 10.4. The first kappa shape index (κ1) is 11.4. The fourth-order valence-corrected chi connectivity index (χ4v) is 2.18. The van der Waals surface area contributed by atoms with Crippen LogP contribution in [0.3, 0.4) is 0 Å². The molecular weight excluding hydrogens is 270 g/mol. The van der Waals surface area contributed by atoms with Crippen LogP contribution < -0.4 is 4.90 Å². The van der Waals surface area contributed by atoms with Gasteiger partial charge >= 0.3 is 0 Å². The SMILES string of the molecule is N#CC1CN(c2ncccc2CBr)CCO1. The number of morpholine rings is 1. The van der Waals surface area contributed by atoms with Crippen LogP contribution >= 0.6 is 15.9 Å². The van der Waals surface area contributed by atoms with E-state index in [1.165, 1.54) is 0 Å². The van der Waals surface area contributed by atoms with Gasteiger partial charge in [0.15, 0.2) is 6.10 Å². The highest BCUT2D eigenvalue weighted by Crippen LogP contribution is 2.21. The average Bonchev–Trinajstić information content (AvgIpc) is 2.38. The van der Waals surface area contributed by atoms with Gasteiger partial charge in [0.2, 0.25) is 0 Å². The highest BCUT2D eigenvalue weighted by atomic mass is 79.9. The molecule has 1 aliphatic rings. The molecule has 0 radical (unpaired) electrons. The first-order valence-electron chi connectivity index (χ1n) is 5.11. The molecule has 0 bridgehead atoms. The van der Waals surface area contributed by atoms with Gasteiger partial charge in [-0.05, 0) is 6.07 Å². The maximum absolute atomic E-state index is 8.85. The number of anilines is 1. The summed E-state index contributed by atoms with van der Waals surface area (Å²) in [6.07, 6.45) is 1.43. The molecule has 1 aliphatic heterocycles. The molecule has 1 atom stereocenters. The van der Waals surface area contributed by atoms with Crippen molar-refractivity contribution in [2.75, 3.05) is 24.6 Å². The van der Waals surface area contributed by atoms with E-state index in [1.54, 1.807) is 6.20 Å². The molecule has 0 aliphatic carbocycles. The molecule has 1 aromatic rings. The Bertz CT molecular complexity index is 404. The summed E-state index contributed by atoms with van der Waals surface area (Å²) in [7, 11) is 0. The van der Waals surface area contributed by atoms with Crippen LogP contribution in [0.1, 0.15) is 5.56 Å². The van der Waals surface area contributed by atoms with Crippen LogP contribution in [-0.2, 0) is 10.1 Å². The van der Waals surface area contributed by atoms with E-state index >= 15 is 0 Å². The molecule has 1 saturated heterocycles. The number of hydrogen-bond acceptors (Lipinski definition) is 4. The van der Waals surface area contributed by atoms with E-state index in [-0.39, 0.29) is 6.10 Å². The molecule has 0 N–H and O–H groups in total. The molecule has 5 heteroatoms. The Balaban J connectivity index is 2.20. The lowest BCUT2D eigenvalue weighted by molar-refractivity contribution is 0.0761. The number of nitriles is 1. The molecule has 0 spiro atoms. The summed E-state index contributed by atoms with van der Waals surface area (Å²) < 4.78 is 5.31. The van der Waals surface area contributed by atoms with Crippen molar-refractivity contribution in [2.45, 2.75) is 11.4 Å². The number of rotatable bonds is 2. The number of aromatic nitrogens is 1. The normalized spacial score (nSPS) is 20.5. The molecule has 1 fully saturated rings. The number of halogens is 1. The lowest BCUT2D eigenvalue weighted by Gasteiger charge is -2.31. The lowest BCUT2D eigenvalue weighted by Crippen LogP contribution is -2.42. The van der Waals surface area contributed by atoms with E-state index in [9.17, 15) is 0 Å². The summed E-state index contributed by atoms with van der Waals surface area (Å²) >= 11 is 3.44. The number of pyridine rings is 1. The van der Waals surface area contributed by atoms with E-state index in [4.69, 9.17) is 10.00 Å². The first-order valence-corrected chi connectivity index (χ1v) is 6.23. The van der Waals surface area contributed by atoms with E-state index < -0.39 is 0 Å². The summed E-state index contributed by atoms with van der Waals surface area (Å²) in [6, 6.07) is 6.09. The minimum Gasteiger partial charge on any atom is -0.360 e. The Kier molecular flexibility index (Phi) is 3.75.